The van der Waals surface area contributed by atoms with Crippen LogP contribution in [0.25, 0.3) is 0 Å². The molecule has 0 aliphatic heterocycles. The van der Waals surface area contributed by atoms with Gasteiger partial charge in [0.2, 0.25) is 5.91 Å². The highest BCUT2D eigenvalue weighted by atomic mass is 79.9. The number of amides is 2. The average molecular weight is 329 g/mol. The Morgan fingerprint density at radius 2 is 2.05 bits per heavy atom. The number of carboxylic acid groups (broad SMARTS) is 1. The third-order valence-electron chi connectivity index (χ3n) is 2.38. The van der Waals surface area contributed by atoms with E-state index in [4.69, 9.17) is 10.8 Å². The number of carboxylic acids is 1. The van der Waals surface area contributed by atoms with Crippen molar-refractivity contribution in [2.45, 2.75) is 19.4 Å². The molecule has 1 aromatic rings. The number of benzene rings is 1. The molecular formula is C12H13BrN2O4. The molecule has 1 unspecified atom stereocenters. The Kier molecular flexibility index (Phi) is 5.05. The van der Waals surface area contributed by atoms with E-state index in [1.165, 1.54) is 0 Å². The lowest BCUT2D eigenvalue weighted by Crippen LogP contribution is -2.43. The number of hydrogen-bond donors (Lipinski definition) is 3. The molecule has 1 rings (SSSR count). The molecule has 0 saturated carbocycles. The molecule has 0 fully saturated rings. The largest absolute Gasteiger partial charge is 0.480 e. The quantitative estimate of drug-likeness (QED) is 0.743. The first kappa shape index (κ1) is 15.2. The fourth-order valence-corrected chi connectivity index (χ4v) is 1.88. The van der Waals surface area contributed by atoms with Crippen LogP contribution in [0.15, 0.2) is 22.7 Å². The van der Waals surface area contributed by atoms with Crippen molar-refractivity contribution >= 4 is 33.7 Å². The predicted molar refractivity (Wildman–Crippen MR) is 71.6 cm³/mol. The third kappa shape index (κ3) is 4.36. The number of aliphatic carboxylic acids is 1. The Labute approximate surface area is 118 Å². The van der Waals surface area contributed by atoms with Crippen molar-refractivity contribution in [2.24, 2.45) is 5.73 Å². The van der Waals surface area contributed by atoms with Gasteiger partial charge >= 0.3 is 5.97 Å². The van der Waals surface area contributed by atoms with Crippen LogP contribution in [0.1, 0.15) is 22.3 Å². The topological polar surface area (TPSA) is 109 Å². The van der Waals surface area contributed by atoms with Crippen molar-refractivity contribution in [3.05, 3.63) is 33.8 Å². The minimum Gasteiger partial charge on any atom is -0.480 e. The number of carbonyl (C=O) groups excluding carboxylic acids is 2. The first-order chi connectivity index (χ1) is 8.81. The first-order valence-electron chi connectivity index (χ1n) is 5.39. The van der Waals surface area contributed by atoms with Gasteiger partial charge in [-0.05, 0) is 35.0 Å². The number of aryl methyl sites for hydroxylation is 1. The second-order valence-corrected chi connectivity index (χ2v) is 4.87. The van der Waals surface area contributed by atoms with Crippen molar-refractivity contribution < 1.29 is 19.5 Å². The molecule has 1 atom stereocenters. The molecule has 0 spiro atoms. The number of halogens is 1. The van der Waals surface area contributed by atoms with E-state index in [1.54, 1.807) is 25.1 Å². The summed E-state index contributed by atoms with van der Waals surface area (Å²) in [5.41, 5.74) is 6.09. The van der Waals surface area contributed by atoms with Gasteiger partial charge in [-0.3, -0.25) is 9.59 Å². The molecule has 4 N–H and O–H groups in total. The summed E-state index contributed by atoms with van der Waals surface area (Å²) in [5.74, 6) is -2.68. The van der Waals surface area contributed by atoms with Gasteiger partial charge in [-0.2, -0.15) is 0 Å². The number of nitrogens with one attached hydrogen (secondary N) is 1. The van der Waals surface area contributed by atoms with E-state index in [-0.39, 0.29) is 0 Å². The van der Waals surface area contributed by atoms with Crippen LogP contribution in [0.2, 0.25) is 0 Å². The van der Waals surface area contributed by atoms with Crippen LogP contribution in [0.5, 0.6) is 0 Å². The number of nitrogens with two attached hydrogens (primary N) is 1. The molecule has 0 heterocycles. The van der Waals surface area contributed by atoms with E-state index in [9.17, 15) is 14.4 Å². The fourth-order valence-electron chi connectivity index (χ4n) is 1.45. The summed E-state index contributed by atoms with van der Waals surface area (Å²) in [4.78, 5) is 33.6. The van der Waals surface area contributed by atoms with Crippen molar-refractivity contribution in [1.82, 2.24) is 5.32 Å². The number of carbonyl (C=O) groups is 3. The Hall–Kier alpha value is -1.89. The molecule has 102 valence electrons. The summed E-state index contributed by atoms with van der Waals surface area (Å²) >= 11 is 3.21. The maximum Gasteiger partial charge on any atom is 0.326 e. The van der Waals surface area contributed by atoms with Gasteiger partial charge in [0.25, 0.3) is 5.91 Å². The van der Waals surface area contributed by atoms with Crippen LogP contribution in [-0.2, 0) is 9.59 Å². The monoisotopic (exact) mass is 328 g/mol. The van der Waals surface area contributed by atoms with Gasteiger partial charge in [0.1, 0.15) is 6.04 Å². The summed E-state index contributed by atoms with van der Waals surface area (Å²) in [6.45, 7) is 1.81. The molecule has 0 aliphatic carbocycles. The second-order valence-electron chi connectivity index (χ2n) is 4.02. The normalized spacial score (nSPS) is 11.7. The van der Waals surface area contributed by atoms with Crippen LogP contribution < -0.4 is 11.1 Å². The molecule has 6 nitrogen and oxygen atoms in total. The van der Waals surface area contributed by atoms with Crippen LogP contribution in [0, 0.1) is 6.92 Å². The first-order valence-corrected chi connectivity index (χ1v) is 6.18. The Balaban J connectivity index is 2.90. The van der Waals surface area contributed by atoms with Gasteiger partial charge in [0.15, 0.2) is 0 Å². The van der Waals surface area contributed by atoms with Crippen LogP contribution in [0.4, 0.5) is 0 Å². The molecule has 2 amide bonds. The standard InChI is InChI=1S/C12H13BrN2O4/c1-6-2-3-8(13)7(4-6)11(17)15-9(12(18)19)5-10(14)16/h2-4,9H,5H2,1H3,(H2,14,16)(H,15,17)(H,18,19). The van der Waals surface area contributed by atoms with Crippen molar-refractivity contribution in [3.63, 3.8) is 0 Å². The highest BCUT2D eigenvalue weighted by molar-refractivity contribution is 9.10. The Morgan fingerprint density at radius 1 is 1.42 bits per heavy atom. The zero-order chi connectivity index (χ0) is 14.6. The number of rotatable bonds is 5. The van der Waals surface area contributed by atoms with Gasteiger partial charge < -0.3 is 16.2 Å². The lowest BCUT2D eigenvalue weighted by atomic mass is 10.1. The molecule has 7 heteroatoms. The lowest BCUT2D eigenvalue weighted by Gasteiger charge is -2.13. The number of hydrogen-bond acceptors (Lipinski definition) is 3. The smallest absolute Gasteiger partial charge is 0.326 e. The Bertz CT molecular complexity index is 530. The van der Waals surface area contributed by atoms with Gasteiger partial charge in [-0.15, -0.1) is 0 Å². The van der Waals surface area contributed by atoms with E-state index < -0.39 is 30.2 Å². The Morgan fingerprint density at radius 3 is 2.58 bits per heavy atom. The number of primary amides is 1. The summed E-state index contributed by atoms with van der Waals surface area (Å²) in [5, 5.41) is 11.2. The zero-order valence-corrected chi connectivity index (χ0v) is 11.7. The van der Waals surface area contributed by atoms with Gasteiger partial charge in [-0.25, -0.2) is 4.79 Å². The highest BCUT2D eigenvalue weighted by Gasteiger charge is 2.23. The zero-order valence-electron chi connectivity index (χ0n) is 10.1. The molecule has 0 bridgehead atoms. The second kappa shape index (κ2) is 6.33. The minimum atomic E-state index is -1.34. The van der Waals surface area contributed by atoms with Gasteiger partial charge in [0, 0.05) is 4.47 Å². The van der Waals surface area contributed by atoms with Crippen LogP contribution in [-0.4, -0.2) is 28.9 Å². The van der Waals surface area contributed by atoms with E-state index in [1.807, 2.05) is 0 Å². The van der Waals surface area contributed by atoms with E-state index in [0.717, 1.165) is 5.56 Å². The van der Waals surface area contributed by atoms with Crippen LogP contribution in [0.3, 0.4) is 0 Å². The van der Waals surface area contributed by atoms with Crippen molar-refractivity contribution in [3.8, 4) is 0 Å². The van der Waals surface area contributed by atoms with Crippen LogP contribution >= 0.6 is 15.9 Å². The summed E-state index contributed by atoms with van der Waals surface area (Å²) in [6, 6.07) is 3.77. The predicted octanol–water partition coefficient (Wildman–Crippen LogP) is 0.816. The van der Waals surface area contributed by atoms with E-state index in [0.29, 0.717) is 10.0 Å². The molecule has 19 heavy (non-hydrogen) atoms. The highest BCUT2D eigenvalue weighted by Crippen LogP contribution is 2.18. The molecule has 0 aliphatic rings. The fraction of sp³-hybridized carbons (Fsp3) is 0.250. The molecule has 0 aromatic heterocycles. The molecular weight excluding hydrogens is 316 g/mol. The van der Waals surface area contributed by atoms with Crippen molar-refractivity contribution in [1.29, 1.82) is 0 Å². The van der Waals surface area contributed by atoms with E-state index >= 15 is 0 Å². The average Bonchev–Trinajstić information content (AvgIpc) is 2.30. The maximum atomic E-state index is 12.0. The van der Waals surface area contributed by atoms with Gasteiger partial charge in [0.05, 0.1) is 12.0 Å². The minimum absolute atomic E-state index is 0.302. The van der Waals surface area contributed by atoms with E-state index in [2.05, 4.69) is 21.2 Å². The summed E-state index contributed by atoms with van der Waals surface area (Å²) in [6.07, 6.45) is -0.454. The SMILES string of the molecule is Cc1ccc(Br)c(C(=O)NC(CC(N)=O)C(=O)O)c1. The summed E-state index contributed by atoms with van der Waals surface area (Å²) < 4.78 is 0.541. The van der Waals surface area contributed by atoms with Crippen molar-refractivity contribution in [2.75, 3.05) is 0 Å². The third-order valence-corrected chi connectivity index (χ3v) is 3.07. The van der Waals surface area contributed by atoms with Gasteiger partial charge in [-0.1, -0.05) is 11.6 Å². The molecule has 1 aromatic carbocycles. The summed E-state index contributed by atoms with van der Waals surface area (Å²) in [7, 11) is 0. The maximum absolute atomic E-state index is 12.0. The molecule has 0 radical (unpaired) electrons. The molecule has 0 saturated heterocycles. The lowest BCUT2D eigenvalue weighted by molar-refractivity contribution is -0.140.